The number of nitrogens with zero attached hydrogens (tertiary/aromatic N) is 1. The summed E-state index contributed by atoms with van der Waals surface area (Å²) < 4.78 is 10.3. The molecule has 5 heteroatoms. The smallest absolute Gasteiger partial charge is 0.254 e. The molecule has 1 amide bonds. The molecular weight excluding hydrogens is 310 g/mol. The standard InChI is InChI=1S/C14H20BrNO3/c1-11-4-5-12(10-13(11)19-3)14(17)16(7-6-15)8-9-18-2/h4-5,10H,6-9H2,1-3H3. The van der Waals surface area contributed by atoms with Crippen LogP contribution in [-0.2, 0) is 4.74 Å². The van der Waals surface area contributed by atoms with E-state index >= 15 is 0 Å². The second-order valence-corrected chi connectivity index (χ2v) is 4.95. The van der Waals surface area contributed by atoms with Gasteiger partial charge in [0.05, 0.1) is 13.7 Å². The summed E-state index contributed by atoms with van der Waals surface area (Å²) in [6.45, 7) is 3.71. The van der Waals surface area contributed by atoms with Crippen molar-refractivity contribution in [3.05, 3.63) is 29.3 Å². The Morgan fingerprint density at radius 2 is 2.05 bits per heavy atom. The molecule has 106 valence electrons. The minimum absolute atomic E-state index is 0.00481. The van der Waals surface area contributed by atoms with Crippen LogP contribution in [-0.4, -0.2) is 50.1 Å². The molecule has 0 bridgehead atoms. The monoisotopic (exact) mass is 329 g/mol. The van der Waals surface area contributed by atoms with E-state index in [0.717, 1.165) is 16.6 Å². The molecule has 0 atom stereocenters. The third kappa shape index (κ3) is 4.51. The summed E-state index contributed by atoms with van der Waals surface area (Å²) in [5, 5.41) is 0.742. The number of alkyl halides is 1. The average Bonchev–Trinajstić information content (AvgIpc) is 2.43. The molecule has 4 nitrogen and oxygen atoms in total. The van der Waals surface area contributed by atoms with Crippen LogP contribution in [0, 0.1) is 6.92 Å². The zero-order chi connectivity index (χ0) is 14.3. The third-order valence-electron chi connectivity index (χ3n) is 2.86. The van der Waals surface area contributed by atoms with E-state index in [1.54, 1.807) is 25.2 Å². The Bertz CT molecular complexity index is 423. The number of methoxy groups -OCH3 is 2. The summed E-state index contributed by atoms with van der Waals surface area (Å²) in [6, 6.07) is 5.51. The van der Waals surface area contributed by atoms with E-state index in [1.807, 2.05) is 19.1 Å². The number of halogens is 1. The first-order valence-corrected chi connectivity index (χ1v) is 7.25. The van der Waals surface area contributed by atoms with Crippen LogP contribution >= 0.6 is 15.9 Å². The van der Waals surface area contributed by atoms with Crippen molar-refractivity contribution in [2.24, 2.45) is 0 Å². The molecule has 0 aliphatic heterocycles. The van der Waals surface area contributed by atoms with Crippen LogP contribution in [0.1, 0.15) is 15.9 Å². The first-order chi connectivity index (χ1) is 9.13. The molecule has 1 aromatic carbocycles. The zero-order valence-electron chi connectivity index (χ0n) is 11.6. The molecule has 0 radical (unpaired) electrons. The highest BCUT2D eigenvalue weighted by Crippen LogP contribution is 2.20. The summed E-state index contributed by atoms with van der Waals surface area (Å²) in [5.74, 6) is 0.728. The Labute approximate surface area is 122 Å². The molecular formula is C14H20BrNO3. The van der Waals surface area contributed by atoms with Crippen LogP contribution < -0.4 is 4.74 Å². The van der Waals surface area contributed by atoms with Gasteiger partial charge in [-0.05, 0) is 24.6 Å². The van der Waals surface area contributed by atoms with Gasteiger partial charge in [0.25, 0.3) is 5.91 Å². The van der Waals surface area contributed by atoms with Crippen molar-refractivity contribution in [3.63, 3.8) is 0 Å². The number of carbonyl (C=O) groups excluding carboxylic acids is 1. The Balaban J connectivity index is 2.88. The van der Waals surface area contributed by atoms with E-state index in [0.29, 0.717) is 25.3 Å². The molecule has 1 rings (SSSR count). The van der Waals surface area contributed by atoms with E-state index in [-0.39, 0.29) is 5.91 Å². The van der Waals surface area contributed by atoms with Gasteiger partial charge in [0, 0.05) is 31.1 Å². The topological polar surface area (TPSA) is 38.8 Å². The van der Waals surface area contributed by atoms with Crippen molar-refractivity contribution in [2.45, 2.75) is 6.92 Å². The molecule has 0 aliphatic carbocycles. The van der Waals surface area contributed by atoms with Crippen molar-refractivity contribution in [1.82, 2.24) is 4.90 Å². The first-order valence-electron chi connectivity index (χ1n) is 6.12. The van der Waals surface area contributed by atoms with Crippen molar-refractivity contribution in [2.75, 3.05) is 39.2 Å². The van der Waals surface area contributed by atoms with Gasteiger partial charge in [-0.25, -0.2) is 0 Å². The van der Waals surface area contributed by atoms with Gasteiger partial charge in [0.2, 0.25) is 0 Å². The van der Waals surface area contributed by atoms with Crippen molar-refractivity contribution < 1.29 is 14.3 Å². The quantitative estimate of drug-likeness (QED) is 0.721. The van der Waals surface area contributed by atoms with Crippen molar-refractivity contribution in [1.29, 1.82) is 0 Å². The molecule has 0 saturated carbocycles. The van der Waals surface area contributed by atoms with Crippen LogP contribution in [0.3, 0.4) is 0 Å². The second-order valence-electron chi connectivity index (χ2n) is 4.16. The molecule has 0 N–H and O–H groups in total. The largest absolute Gasteiger partial charge is 0.496 e. The first kappa shape index (κ1) is 16.0. The molecule has 0 spiro atoms. The lowest BCUT2D eigenvalue weighted by molar-refractivity contribution is 0.0708. The minimum Gasteiger partial charge on any atom is -0.496 e. The zero-order valence-corrected chi connectivity index (χ0v) is 13.2. The lowest BCUT2D eigenvalue weighted by atomic mass is 10.1. The van der Waals surface area contributed by atoms with Gasteiger partial charge < -0.3 is 14.4 Å². The predicted molar refractivity (Wildman–Crippen MR) is 79.3 cm³/mol. The van der Waals surface area contributed by atoms with Crippen LogP contribution in [0.15, 0.2) is 18.2 Å². The lowest BCUT2D eigenvalue weighted by Crippen LogP contribution is -2.35. The molecule has 0 unspecified atom stereocenters. The molecule has 0 fully saturated rings. The van der Waals surface area contributed by atoms with E-state index in [4.69, 9.17) is 9.47 Å². The maximum Gasteiger partial charge on any atom is 0.254 e. The van der Waals surface area contributed by atoms with Crippen LogP contribution in [0.4, 0.5) is 0 Å². The maximum atomic E-state index is 12.4. The number of benzene rings is 1. The fourth-order valence-corrected chi connectivity index (χ4v) is 2.18. The second kappa shape index (κ2) is 8.17. The Morgan fingerprint density at radius 1 is 1.32 bits per heavy atom. The van der Waals surface area contributed by atoms with Gasteiger partial charge in [0.1, 0.15) is 5.75 Å². The summed E-state index contributed by atoms with van der Waals surface area (Å²) >= 11 is 3.36. The molecule has 0 heterocycles. The normalized spacial score (nSPS) is 10.3. The Kier molecular flexibility index (Phi) is 6.87. The Hall–Kier alpha value is -1.07. The third-order valence-corrected chi connectivity index (χ3v) is 3.22. The van der Waals surface area contributed by atoms with Gasteiger partial charge in [-0.15, -0.1) is 0 Å². The number of aryl methyl sites for hydroxylation is 1. The molecule has 0 aliphatic rings. The van der Waals surface area contributed by atoms with Crippen molar-refractivity contribution in [3.8, 4) is 5.75 Å². The number of amides is 1. The van der Waals surface area contributed by atoms with Gasteiger partial charge in [0.15, 0.2) is 0 Å². The van der Waals surface area contributed by atoms with E-state index in [1.165, 1.54) is 0 Å². The van der Waals surface area contributed by atoms with E-state index < -0.39 is 0 Å². The summed E-state index contributed by atoms with van der Waals surface area (Å²) in [4.78, 5) is 14.2. The van der Waals surface area contributed by atoms with E-state index in [9.17, 15) is 4.79 Å². The highest BCUT2D eigenvalue weighted by Gasteiger charge is 2.16. The lowest BCUT2D eigenvalue weighted by Gasteiger charge is -2.21. The molecule has 19 heavy (non-hydrogen) atoms. The highest BCUT2D eigenvalue weighted by molar-refractivity contribution is 9.09. The van der Waals surface area contributed by atoms with Gasteiger partial charge in [-0.2, -0.15) is 0 Å². The maximum absolute atomic E-state index is 12.4. The van der Waals surface area contributed by atoms with Crippen molar-refractivity contribution >= 4 is 21.8 Å². The van der Waals surface area contributed by atoms with Crippen LogP contribution in [0.5, 0.6) is 5.75 Å². The predicted octanol–water partition coefficient (Wildman–Crippen LogP) is 2.49. The average molecular weight is 330 g/mol. The van der Waals surface area contributed by atoms with E-state index in [2.05, 4.69) is 15.9 Å². The minimum atomic E-state index is -0.00481. The molecule has 1 aromatic rings. The number of rotatable bonds is 7. The molecule has 0 saturated heterocycles. The van der Waals surface area contributed by atoms with Crippen LogP contribution in [0.25, 0.3) is 0 Å². The van der Waals surface area contributed by atoms with Crippen LogP contribution in [0.2, 0.25) is 0 Å². The summed E-state index contributed by atoms with van der Waals surface area (Å²) in [6.07, 6.45) is 0. The highest BCUT2D eigenvalue weighted by atomic mass is 79.9. The number of hydrogen-bond acceptors (Lipinski definition) is 3. The SMILES string of the molecule is COCCN(CCBr)C(=O)c1ccc(C)c(OC)c1. The summed E-state index contributed by atoms with van der Waals surface area (Å²) in [7, 11) is 3.24. The van der Waals surface area contributed by atoms with Gasteiger partial charge >= 0.3 is 0 Å². The van der Waals surface area contributed by atoms with Gasteiger partial charge in [-0.3, -0.25) is 4.79 Å². The Morgan fingerprint density at radius 3 is 2.63 bits per heavy atom. The summed E-state index contributed by atoms with van der Waals surface area (Å²) in [5.41, 5.74) is 1.66. The number of hydrogen-bond donors (Lipinski definition) is 0. The molecule has 0 aromatic heterocycles. The fourth-order valence-electron chi connectivity index (χ4n) is 1.75. The number of carbonyl (C=O) groups is 1. The van der Waals surface area contributed by atoms with Gasteiger partial charge in [-0.1, -0.05) is 22.0 Å². The number of ether oxygens (including phenoxy) is 2. The fraction of sp³-hybridized carbons (Fsp3) is 0.500.